The first kappa shape index (κ1) is 16.4. The van der Waals surface area contributed by atoms with E-state index in [4.69, 9.17) is 0 Å². The molecule has 0 aliphatic rings. The zero-order chi connectivity index (χ0) is 12.8. The van der Waals surface area contributed by atoms with Crippen molar-refractivity contribution in [3.8, 4) is 0 Å². The normalized spacial score (nSPS) is 10.4. The fraction of sp³-hybridized carbons (Fsp3) is 0.167. The summed E-state index contributed by atoms with van der Waals surface area (Å²) in [5.41, 5.74) is 0.00245. The van der Waals surface area contributed by atoms with Gasteiger partial charge in [0, 0.05) is 0 Å². The molecule has 0 atom stereocenters. The summed E-state index contributed by atoms with van der Waals surface area (Å²) in [5.74, 6) is -3.48. The Bertz CT molecular complexity index is 471. The maximum atomic E-state index is 12.8. The number of carbonyl (C=O) groups is 2. The average Bonchev–Trinajstić information content (AvgIpc) is 2.29. The van der Waals surface area contributed by atoms with Crippen molar-refractivity contribution in [2.75, 3.05) is 6.61 Å². The molecule has 0 bridgehead atoms. The summed E-state index contributed by atoms with van der Waals surface area (Å²) in [6.07, 6.45) is 0.590. The molecule has 1 rings (SSSR count). The predicted molar refractivity (Wildman–Crippen MR) is 56.0 cm³/mol. The second kappa shape index (κ2) is 7.70. The molecule has 0 saturated carbocycles. The Balaban J connectivity index is 0.00000289. The van der Waals surface area contributed by atoms with Crippen molar-refractivity contribution in [1.29, 1.82) is 0 Å². The molecule has 4 nitrogen and oxygen atoms in total. The molecule has 0 saturated heterocycles. The van der Waals surface area contributed by atoms with Gasteiger partial charge in [-0.05, 0) is 30.7 Å². The Morgan fingerprint density at radius 1 is 1.44 bits per heavy atom. The Kier molecular flexibility index (Phi) is 7.02. The number of hydrogen-bond acceptors (Lipinski definition) is 4. The van der Waals surface area contributed by atoms with Gasteiger partial charge in [0.2, 0.25) is 0 Å². The van der Waals surface area contributed by atoms with Crippen LogP contribution in [-0.4, -0.2) is 18.4 Å². The number of ketones is 1. The van der Waals surface area contributed by atoms with Crippen molar-refractivity contribution in [3.05, 3.63) is 41.7 Å². The number of carbonyl (C=O) groups excluding carboxylic acids is 2. The second-order valence-corrected chi connectivity index (χ2v) is 3.10. The summed E-state index contributed by atoms with van der Waals surface area (Å²) < 4.78 is 17.2. The van der Waals surface area contributed by atoms with Gasteiger partial charge in [-0.2, -0.15) is 0 Å². The topological polar surface area (TPSA) is 66.4 Å². The van der Waals surface area contributed by atoms with E-state index in [9.17, 15) is 19.1 Å². The zero-order valence-corrected chi connectivity index (χ0v) is 10.1. The molecule has 0 aliphatic carbocycles. The summed E-state index contributed by atoms with van der Waals surface area (Å²) in [5, 5.41) is 11.5. The molecule has 0 N–H and O–H groups in total. The number of benzene rings is 1. The quantitative estimate of drug-likeness (QED) is 0.196. The van der Waals surface area contributed by atoms with Crippen LogP contribution < -0.4 is 24.0 Å². The van der Waals surface area contributed by atoms with Crippen LogP contribution >= 0.6 is 0 Å². The number of rotatable bonds is 4. The molecule has 0 aromatic heterocycles. The zero-order valence-electron chi connectivity index (χ0n) is 10.1. The summed E-state index contributed by atoms with van der Waals surface area (Å²) in [6.45, 7) is 1.59. The molecule has 1 aromatic rings. The van der Waals surface area contributed by atoms with Gasteiger partial charge in [0.05, 0.1) is 6.61 Å². The minimum absolute atomic E-state index is 0. The number of halogens is 1. The third-order valence-corrected chi connectivity index (χ3v) is 1.85. The fourth-order valence-electron chi connectivity index (χ4n) is 1.11. The van der Waals surface area contributed by atoms with Gasteiger partial charge >= 0.3 is 24.8 Å². The van der Waals surface area contributed by atoms with E-state index in [1.807, 2.05) is 0 Å². The molecule has 0 amide bonds. The van der Waals surface area contributed by atoms with Gasteiger partial charge in [0.15, 0.2) is 0 Å². The summed E-state index contributed by atoms with van der Waals surface area (Å²) in [7, 11) is 0. The van der Waals surface area contributed by atoms with Gasteiger partial charge in [-0.15, -0.1) is 0 Å². The minimum atomic E-state index is -1.10. The summed E-state index contributed by atoms with van der Waals surface area (Å²) in [4.78, 5) is 22.1. The van der Waals surface area contributed by atoms with Crippen LogP contribution in [0, 0.1) is 5.82 Å². The molecule has 90 valence electrons. The molecular weight excluding hydrogens is 234 g/mol. The van der Waals surface area contributed by atoms with Crippen LogP contribution in [0.25, 0.3) is 5.76 Å². The van der Waals surface area contributed by atoms with Gasteiger partial charge in [-0.3, -0.25) is 4.79 Å². The largest absolute Gasteiger partial charge is 1.00 e. The summed E-state index contributed by atoms with van der Waals surface area (Å²) >= 11 is 0. The minimum Gasteiger partial charge on any atom is -0.872 e. The molecule has 0 heterocycles. The third-order valence-electron chi connectivity index (χ3n) is 1.85. The molecule has 18 heavy (non-hydrogen) atoms. The predicted octanol–water partition coefficient (Wildman–Crippen LogP) is -2.34. The first-order valence-corrected chi connectivity index (χ1v) is 4.90. The van der Waals surface area contributed by atoms with Crippen molar-refractivity contribution in [1.82, 2.24) is 0 Å². The van der Waals surface area contributed by atoms with Crippen molar-refractivity contribution >= 4 is 17.5 Å². The maximum absolute atomic E-state index is 12.8. The second-order valence-electron chi connectivity index (χ2n) is 3.10. The third kappa shape index (κ3) is 4.74. The van der Waals surface area contributed by atoms with E-state index < -0.39 is 23.3 Å². The average molecular weight is 244 g/mol. The first-order chi connectivity index (χ1) is 8.04. The van der Waals surface area contributed by atoms with Crippen LogP contribution in [0.2, 0.25) is 0 Å². The van der Waals surface area contributed by atoms with Gasteiger partial charge in [0.1, 0.15) is 5.82 Å². The van der Waals surface area contributed by atoms with E-state index >= 15 is 0 Å². The van der Waals surface area contributed by atoms with Crippen LogP contribution in [0.1, 0.15) is 12.5 Å². The first-order valence-electron chi connectivity index (χ1n) is 4.90. The monoisotopic (exact) mass is 244 g/mol. The Hall–Kier alpha value is -1.57. The van der Waals surface area contributed by atoms with Crippen molar-refractivity contribution in [2.24, 2.45) is 0 Å². The van der Waals surface area contributed by atoms with Gasteiger partial charge < -0.3 is 9.84 Å². The van der Waals surface area contributed by atoms with Gasteiger partial charge in [-0.1, -0.05) is 17.9 Å². The summed E-state index contributed by atoms with van der Waals surface area (Å²) in [6, 6.07) is 4.84. The molecule has 0 fully saturated rings. The Morgan fingerprint density at radius 3 is 2.67 bits per heavy atom. The molecular formula is C12H10FLiO4. The van der Waals surface area contributed by atoms with Crippen molar-refractivity contribution < 1.29 is 42.7 Å². The standard InChI is InChI=1S/C12H11FO4.Li/c1-2-17-12(16)11(15)7-10(14)8-4-3-5-9(13)6-8;/h3-7,14H,2H2,1H3;/q;+1/p-1/b10-7-;. The van der Waals surface area contributed by atoms with Crippen LogP contribution in [0.5, 0.6) is 0 Å². The van der Waals surface area contributed by atoms with Crippen LogP contribution in [0.15, 0.2) is 30.3 Å². The Morgan fingerprint density at radius 2 is 2.11 bits per heavy atom. The SMILES string of the molecule is CCOC(=O)C(=O)/C=C(\[O-])c1cccc(F)c1.[Li+]. The fourth-order valence-corrected chi connectivity index (χ4v) is 1.11. The van der Waals surface area contributed by atoms with Crippen LogP contribution in [-0.2, 0) is 14.3 Å². The van der Waals surface area contributed by atoms with Gasteiger partial charge in [0.25, 0.3) is 5.78 Å². The number of ether oxygens (including phenoxy) is 1. The maximum Gasteiger partial charge on any atom is 1.00 e. The molecule has 1 aromatic carbocycles. The molecule has 0 radical (unpaired) electrons. The van der Waals surface area contributed by atoms with Crippen molar-refractivity contribution in [3.63, 3.8) is 0 Å². The van der Waals surface area contributed by atoms with E-state index in [1.165, 1.54) is 18.2 Å². The number of esters is 1. The molecule has 0 unspecified atom stereocenters. The van der Waals surface area contributed by atoms with E-state index in [1.54, 1.807) is 6.92 Å². The van der Waals surface area contributed by atoms with Crippen LogP contribution in [0.3, 0.4) is 0 Å². The van der Waals surface area contributed by atoms with E-state index in [0.717, 1.165) is 6.07 Å². The van der Waals surface area contributed by atoms with Crippen molar-refractivity contribution in [2.45, 2.75) is 6.92 Å². The Labute approximate surface area is 116 Å². The number of hydrogen-bond donors (Lipinski definition) is 0. The van der Waals surface area contributed by atoms with E-state index in [0.29, 0.717) is 6.08 Å². The van der Waals surface area contributed by atoms with Gasteiger partial charge in [-0.25, -0.2) is 9.18 Å². The smallest absolute Gasteiger partial charge is 0.872 e. The van der Waals surface area contributed by atoms with E-state index in [-0.39, 0.29) is 31.0 Å². The van der Waals surface area contributed by atoms with Crippen LogP contribution in [0.4, 0.5) is 4.39 Å². The molecule has 6 heteroatoms. The van der Waals surface area contributed by atoms with E-state index in [2.05, 4.69) is 4.74 Å². The molecule has 0 aliphatic heterocycles. The molecule has 0 spiro atoms.